The highest BCUT2D eigenvalue weighted by Gasteiger charge is 2.37. The Morgan fingerprint density at radius 2 is 1.83 bits per heavy atom. The molecule has 0 bridgehead atoms. The van der Waals surface area contributed by atoms with Crippen molar-refractivity contribution in [3.8, 4) is 5.75 Å². The zero-order valence-electron chi connectivity index (χ0n) is 20.3. The smallest absolute Gasteiger partial charge is 0.323 e. The number of rotatable bonds is 8. The van der Waals surface area contributed by atoms with Gasteiger partial charge in [-0.3, -0.25) is 14.5 Å². The number of piperidine rings is 1. The van der Waals surface area contributed by atoms with Gasteiger partial charge in [-0.25, -0.2) is 5.01 Å². The Kier molecular flexibility index (Phi) is 8.42. The van der Waals surface area contributed by atoms with Crippen molar-refractivity contribution in [3.05, 3.63) is 64.7 Å². The molecule has 0 saturated carbocycles. The van der Waals surface area contributed by atoms with E-state index in [-0.39, 0.29) is 24.5 Å². The van der Waals surface area contributed by atoms with Gasteiger partial charge in [0.1, 0.15) is 11.8 Å². The number of esters is 1. The molecule has 7 nitrogen and oxygen atoms in total. The largest absolute Gasteiger partial charge is 0.494 e. The summed E-state index contributed by atoms with van der Waals surface area (Å²) in [5, 5.41) is 6.91. The minimum atomic E-state index is -0.397. The molecule has 2 aromatic rings. The minimum absolute atomic E-state index is 0.107. The van der Waals surface area contributed by atoms with E-state index in [0.717, 1.165) is 35.4 Å². The van der Waals surface area contributed by atoms with Gasteiger partial charge in [0.15, 0.2) is 0 Å². The zero-order valence-corrected chi connectivity index (χ0v) is 21.0. The molecule has 2 aliphatic heterocycles. The lowest BCUT2D eigenvalue weighted by Gasteiger charge is -2.34. The molecule has 1 fully saturated rings. The third-order valence-corrected chi connectivity index (χ3v) is 6.77. The van der Waals surface area contributed by atoms with E-state index in [9.17, 15) is 9.59 Å². The van der Waals surface area contributed by atoms with Crippen molar-refractivity contribution in [1.82, 2.24) is 9.91 Å². The minimum Gasteiger partial charge on any atom is -0.494 e. The van der Waals surface area contributed by atoms with Crippen LogP contribution in [0.2, 0.25) is 5.02 Å². The van der Waals surface area contributed by atoms with Crippen molar-refractivity contribution in [1.29, 1.82) is 0 Å². The van der Waals surface area contributed by atoms with Crippen molar-refractivity contribution >= 4 is 29.2 Å². The van der Waals surface area contributed by atoms with E-state index in [1.807, 2.05) is 60.4 Å². The maximum absolute atomic E-state index is 13.6. The Labute approximate surface area is 211 Å². The number of halogens is 1. The fourth-order valence-corrected chi connectivity index (χ4v) is 4.99. The summed E-state index contributed by atoms with van der Waals surface area (Å²) in [4.78, 5) is 28.1. The fourth-order valence-electron chi connectivity index (χ4n) is 4.74. The van der Waals surface area contributed by atoms with E-state index in [1.54, 1.807) is 11.9 Å². The van der Waals surface area contributed by atoms with Crippen LogP contribution in [0.1, 0.15) is 56.7 Å². The molecule has 35 heavy (non-hydrogen) atoms. The van der Waals surface area contributed by atoms with Crippen LogP contribution in [0.5, 0.6) is 5.75 Å². The Morgan fingerprint density at radius 3 is 2.54 bits per heavy atom. The van der Waals surface area contributed by atoms with Gasteiger partial charge in [-0.2, -0.15) is 5.10 Å². The summed E-state index contributed by atoms with van der Waals surface area (Å²) >= 11 is 6.46. The number of likely N-dealkylation sites (tertiary alicyclic amines) is 1. The summed E-state index contributed by atoms with van der Waals surface area (Å²) in [6, 6.07) is 14.7. The second-order valence-corrected chi connectivity index (χ2v) is 9.13. The molecule has 0 aliphatic carbocycles. The molecule has 0 spiro atoms. The van der Waals surface area contributed by atoms with Crippen molar-refractivity contribution in [2.45, 2.75) is 51.6 Å². The average molecular weight is 498 g/mol. The average Bonchev–Trinajstić information content (AvgIpc) is 3.31. The van der Waals surface area contributed by atoms with Crippen LogP contribution in [0, 0.1) is 0 Å². The summed E-state index contributed by atoms with van der Waals surface area (Å²) in [5.74, 6) is 0.372. The van der Waals surface area contributed by atoms with Gasteiger partial charge in [-0.15, -0.1) is 0 Å². The fraction of sp³-hybridized carbons (Fsp3) is 0.444. The summed E-state index contributed by atoms with van der Waals surface area (Å²) in [5.41, 5.74) is 2.55. The van der Waals surface area contributed by atoms with Crippen LogP contribution in [0.15, 0.2) is 53.6 Å². The standard InChI is InChI=1S/C27H32ClN3O4/c1-3-34-20-14-12-19(13-15-20)25-17-23(21-9-5-6-10-22(21)28)29-31(25)26(32)18-30-16-8-7-11-24(30)27(33)35-4-2/h5-6,9-10,12-15,24-25H,3-4,7-8,11,16-18H2,1-2H3/t24-,25+/m1/s1. The maximum Gasteiger partial charge on any atom is 0.323 e. The molecule has 0 aromatic heterocycles. The molecule has 1 amide bonds. The first-order valence-electron chi connectivity index (χ1n) is 12.3. The number of carbonyl (C=O) groups is 2. The maximum atomic E-state index is 13.6. The SMILES string of the molecule is CCOC(=O)[C@H]1CCCCN1CC(=O)N1N=C(c2ccccc2Cl)C[C@H]1c1ccc(OCC)cc1. The summed E-state index contributed by atoms with van der Waals surface area (Å²) in [6.45, 7) is 5.44. The summed E-state index contributed by atoms with van der Waals surface area (Å²) in [6.07, 6.45) is 3.13. The second-order valence-electron chi connectivity index (χ2n) is 8.72. The van der Waals surface area contributed by atoms with E-state index in [1.165, 1.54) is 0 Å². The highest BCUT2D eigenvalue weighted by Crippen LogP contribution is 2.35. The molecule has 0 N–H and O–H groups in total. The van der Waals surface area contributed by atoms with E-state index in [0.29, 0.717) is 37.6 Å². The third-order valence-electron chi connectivity index (χ3n) is 6.44. The van der Waals surface area contributed by atoms with E-state index in [4.69, 9.17) is 26.2 Å². The molecule has 186 valence electrons. The molecular formula is C27H32ClN3O4. The number of ether oxygens (including phenoxy) is 2. The van der Waals surface area contributed by atoms with E-state index >= 15 is 0 Å². The highest BCUT2D eigenvalue weighted by molar-refractivity contribution is 6.34. The Bertz CT molecular complexity index is 1070. The Morgan fingerprint density at radius 1 is 1.06 bits per heavy atom. The van der Waals surface area contributed by atoms with Crippen molar-refractivity contribution in [2.24, 2.45) is 5.10 Å². The topological polar surface area (TPSA) is 71.4 Å². The number of benzene rings is 2. The number of hydrogen-bond donors (Lipinski definition) is 0. The van der Waals surface area contributed by atoms with Crippen molar-refractivity contribution in [3.63, 3.8) is 0 Å². The lowest BCUT2D eigenvalue weighted by atomic mass is 9.98. The van der Waals surface area contributed by atoms with Crippen molar-refractivity contribution in [2.75, 3.05) is 26.3 Å². The number of carbonyl (C=O) groups excluding carboxylic acids is 2. The van der Waals surface area contributed by atoms with E-state index in [2.05, 4.69) is 0 Å². The Balaban J connectivity index is 1.60. The number of nitrogens with zero attached hydrogens (tertiary/aromatic N) is 3. The molecule has 2 aromatic carbocycles. The molecule has 2 aliphatic rings. The van der Waals surface area contributed by atoms with Crippen LogP contribution in [0.25, 0.3) is 0 Å². The van der Waals surface area contributed by atoms with Gasteiger partial charge in [0.25, 0.3) is 5.91 Å². The molecule has 0 unspecified atom stereocenters. The van der Waals surface area contributed by atoms with E-state index < -0.39 is 6.04 Å². The van der Waals surface area contributed by atoms with Gasteiger partial charge in [0, 0.05) is 17.0 Å². The van der Waals surface area contributed by atoms with Crippen LogP contribution in [-0.2, 0) is 14.3 Å². The first-order chi connectivity index (χ1) is 17.0. The zero-order chi connectivity index (χ0) is 24.8. The molecule has 2 atom stereocenters. The lowest BCUT2D eigenvalue weighted by molar-refractivity contribution is -0.152. The Hall–Kier alpha value is -2.90. The van der Waals surface area contributed by atoms with Crippen LogP contribution in [-0.4, -0.2) is 59.8 Å². The predicted octanol–water partition coefficient (Wildman–Crippen LogP) is 4.83. The molecule has 2 heterocycles. The lowest BCUT2D eigenvalue weighted by Crippen LogP contribution is -2.49. The van der Waals surface area contributed by atoms with Gasteiger partial charge in [-0.05, 0) is 57.0 Å². The van der Waals surface area contributed by atoms with Crippen LogP contribution in [0.4, 0.5) is 0 Å². The molecular weight excluding hydrogens is 466 g/mol. The van der Waals surface area contributed by atoms with Gasteiger partial charge >= 0.3 is 5.97 Å². The predicted molar refractivity (Wildman–Crippen MR) is 136 cm³/mol. The number of hydrogen-bond acceptors (Lipinski definition) is 6. The first-order valence-corrected chi connectivity index (χ1v) is 12.7. The van der Waals surface area contributed by atoms with Crippen LogP contribution < -0.4 is 4.74 Å². The van der Waals surface area contributed by atoms with Gasteiger partial charge in [-0.1, -0.05) is 48.4 Å². The highest BCUT2D eigenvalue weighted by atomic mass is 35.5. The monoisotopic (exact) mass is 497 g/mol. The van der Waals surface area contributed by atoms with Gasteiger partial charge < -0.3 is 9.47 Å². The third kappa shape index (κ3) is 5.85. The normalized spacial score (nSPS) is 20.4. The molecule has 1 saturated heterocycles. The summed E-state index contributed by atoms with van der Waals surface area (Å²) < 4.78 is 10.9. The second kappa shape index (κ2) is 11.7. The first kappa shape index (κ1) is 25.2. The molecule has 0 radical (unpaired) electrons. The van der Waals surface area contributed by atoms with Crippen LogP contribution >= 0.6 is 11.6 Å². The molecule has 8 heteroatoms. The number of amides is 1. The quantitative estimate of drug-likeness (QED) is 0.488. The van der Waals surface area contributed by atoms with Gasteiger partial charge in [0.2, 0.25) is 0 Å². The van der Waals surface area contributed by atoms with Crippen LogP contribution in [0.3, 0.4) is 0 Å². The molecule has 4 rings (SSSR count). The summed E-state index contributed by atoms with van der Waals surface area (Å²) in [7, 11) is 0. The number of hydrazone groups is 1. The van der Waals surface area contributed by atoms with Gasteiger partial charge in [0.05, 0.1) is 31.5 Å². The van der Waals surface area contributed by atoms with Crippen molar-refractivity contribution < 1.29 is 19.1 Å².